The van der Waals surface area contributed by atoms with Crippen molar-refractivity contribution in [1.29, 1.82) is 0 Å². The molecule has 1 aromatic carbocycles. The number of carbonyl (C=O) groups excluding carboxylic acids is 1. The Morgan fingerprint density at radius 1 is 1.04 bits per heavy atom. The fraction of sp³-hybridized carbons (Fsp3) is 0.474. The summed E-state index contributed by atoms with van der Waals surface area (Å²) in [4.78, 5) is 25.5. The van der Waals surface area contributed by atoms with Gasteiger partial charge in [-0.3, -0.25) is 4.79 Å². The van der Waals surface area contributed by atoms with E-state index in [9.17, 15) is 9.59 Å². The lowest BCUT2D eigenvalue weighted by Gasteiger charge is -2.32. The molecule has 0 unspecified atom stereocenters. The van der Waals surface area contributed by atoms with E-state index in [0.29, 0.717) is 19.0 Å². The van der Waals surface area contributed by atoms with Crippen LogP contribution in [0.15, 0.2) is 30.5 Å². The Hall–Kier alpha value is -2.70. The van der Waals surface area contributed by atoms with Crippen LogP contribution < -0.4 is 0 Å². The molecule has 2 fully saturated rings. The van der Waals surface area contributed by atoms with E-state index in [0.717, 1.165) is 18.4 Å². The highest BCUT2D eigenvalue weighted by molar-refractivity contribution is 5.94. The number of carbonyl (C=O) groups is 2. The lowest BCUT2D eigenvalue weighted by Crippen LogP contribution is -2.39. The van der Waals surface area contributed by atoms with Crippen molar-refractivity contribution in [2.24, 2.45) is 0 Å². The molecular weight excluding hydrogens is 332 g/mol. The number of hydrogen-bond acceptors (Lipinski definition) is 4. The number of rotatable bonds is 4. The molecule has 7 heteroatoms. The highest BCUT2D eigenvalue weighted by Gasteiger charge is 2.26. The van der Waals surface area contributed by atoms with Crippen LogP contribution in [-0.4, -0.2) is 50.0 Å². The molecule has 2 heterocycles. The number of aromatic carboxylic acids is 1. The number of hydrogen-bond donors (Lipinski definition) is 1. The van der Waals surface area contributed by atoms with Crippen LogP contribution in [0.25, 0.3) is 0 Å². The zero-order valence-electron chi connectivity index (χ0n) is 14.5. The minimum Gasteiger partial charge on any atom is -0.476 e. The van der Waals surface area contributed by atoms with Crippen LogP contribution in [0.5, 0.6) is 0 Å². The van der Waals surface area contributed by atoms with E-state index >= 15 is 0 Å². The molecule has 0 atom stereocenters. The van der Waals surface area contributed by atoms with E-state index in [4.69, 9.17) is 5.11 Å². The number of aromatic nitrogens is 3. The summed E-state index contributed by atoms with van der Waals surface area (Å²) in [7, 11) is 0. The Balaban J connectivity index is 1.36. The summed E-state index contributed by atoms with van der Waals surface area (Å²) in [6.45, 7) is 1.27. The Bertz CT molecular complexity index is 802. The first-order chi connectivity index (χ1) is 12.6. The first-order valence-electron chi connectivity index (χ1n) is 9.16. The number of benzene rings is 1. The van der Waals surface area contributed by atoms with Crippen LogP contribution in [0, 0.1) is 0 Å². The van der Waals surface area contributed by atoms with Crippen LogP contribution in [0.2, 0.25) is 0 Å². The van der Waals surface area contributed by atoms with Gasteiger partial charge in [-0.2, -0.15) is 0 Å². The molecule has 1 amide bonds. The first-order valence-corrected chi connectivity index (χ1v) is 9.16. The van der Waals surface area contributed by atoms with Gasteiger partial charge in [0.25, 0.3) is 5.91 Å². The monoisotopic (exact) mass is 354 g/mol. The largest absolute Gasteiger partial charge is 0.476 e. The van der Waals surface area contributed by atoms with Gasteiger partial charge in [0, 0.05) is 18.7 Å². The summed E-state index contributed by atoms with van der Waals surface area (Å²) in [6.07, 6.45) is 6.77. The third-order valence-electron chi connectivity index (χ3n) is 5.59. The lowest BCUT2D eigenvalue weighted by atomic mass is 9.80. The van der Waals surface area contributed by atoms with Gasteiger partial charge in [0.1, 0.15) is 0 Å². The maximum atomic E-state index is 12.7. The molecule has 2 aromatic rings. The Labute approximate surface area is 151 Å². The summed E-state index contributed by atoms with van der Waals surface area (Å²) in [6, 6.07) is 8.15. The van der Waals surface area contributed by atoms with Crippen LogP contribution in [0.1, 0.15) is 70.5 Å². The summed E-state index contributed by atoms with van der Waals surface area (Å²) in [5.41, 5.74) is 2.03. The SMILES string of the molecule is O=C(O)c1cn(C2CCN(C(=O)c3ccc(C4CCC4)cc3)CC2)nn1. The highest BCUT2D eigenvalue weighted by atomic mass is 16.4. The van der Waals surface area contributed by atoms with Gasteiger partial charge in [-0.25, -0.2) is 9.48 Å². The molecule has 1 aromatic heterocycles. The Morgan fingerprint density at radius 3 is 2.27 bits per heavy atom. The molecule has 7 nitrogen and oxygen atoms in total. The molecule has 0 radical (unpaired) electrons. The topological polar surface area (TPSA) is 88.3 Å². The third kappa shape index (κ3) is 3.21. The van der Waals surface area contributed by atoms with Gasteiger partial charge in [0.2, 0.25) is 0 Å². The van der Waals surface area contributed by atoms with Crippen molar-refractivity contribution in [2.45, 2.75) is 44.1 Å². The molecule has 1 saturated heterocycles. The highest BCUT2D eigenvalue weighted by Crippen LogP contribution is 2.36. The number of nitrogens with zero attached hydrogens (tertiary/aromatic N) is 4. The maximum Gasteiger partial charge on any atom is 0.358 e. The van der Waals surface area contributed by atoms with Gasteiger partial charge in [0.15, 0.2) is 5.69 Å². The van der Waals surface area contributed by atoms with E-state index in [-0.39, 0.29) is 17.6 Å². The number of amides is 1. The van der Waals surface area contributed by atoms with Gasteiger partial charge in [0.05, 0.1) is 12.2 Å². The fourth-order valence-electron chi connectivity index (χ4n) is 3.71. The molecule has 1 aliphatic carbocycles. The third-order valence-corrected chi connectivity index (χ3v) is 5.59. The van der Waals surface area contributed by atoms with Crippen molar-refractivity contribution in [3.8, 4) is 0 Å². The summed E-state index contributed by atoms with van der Waals surface area (Å²) in [5, 5.41) is 16.5. The molecule has 1 N–H and O–H groups in total. The number of carboxylic acids is 1. The first kappa shape index (κ1) is 16.8. The van der Waals surface area contributed by atoms with Gasteiger partial charge in [-0.05, 0) is 49.3 Å². The fourth-order valence-corrected chi connectivity index (χ4v) is 3.71. The Kier molecular flexibility index (Phi) is 4.44. The molecule has 0 spiro atoms. The zero-order valence-corrected chi connectivity index (χ0v) is 14.5. The molecule has 2 aliphatic rings. The number of carboxylic acid groups (broad SMARTS) is 1. The minimum atomic E-state index is -1.07. The maximum absolute atomic E-state index is 12.7. The van der Waals surface area contributed by atoms with Gasteiger partial charge in [-0.1, -0.05) is 23.8 Å². The second-order valence-electron chi connectivity index (χ2n) is 7.16. The van der Waals surface area contributed by atoms with Crippen molar-refractivity contribution >= 4 is 11.9 Å². The average Bonchev–Trinajstić information content (AvgIpc) is 3.11. The smallest absolute Gasteiger partial charge is 0.358 e. The predicted octanol–water partition coefficient (Wildman–Crippen LogP) is 2.72. The standard InChI is InChI=1S/C19H22N4O3/c24-18(15-6-4-14(5-7-15)13-2-1-3-13)22-10-8-16(9-11-22)23-12-17(19(25)26)20-21-23/h4-7,12-13,16H,1-3,8-11H2,(H,25,26). The number of piperidine rings is 1. The van der Waals surface area contributed by atoms with E-state index < -0.39 is 5.97 Å². The average molecular weight is 354 g/mol. The normalized spacial score (nSPS) is 18.5. The molecule has 0 bridgehead atoms. The lowest BCUT2D eigenvalue weighted by molar-refractivity contribution is 0.0683. The molecule has 4 rings (SSSR count). The van der Waals surface area contributed by atoms with Gasteiger partial charge < -0.3 is 10.0 Å². The van der Waals surface area contributed by atoms with E-state index in [1.807, 2.05) is 17.0 Å². The van der Waals surface area contributed by atoms with Crippen molar-refractivity contribution in [1.82, 2.24) is 19.9 Å². The second kappa shape index (κ2) is 6.90. The quantitative estimate of drug-likeness (QED) is 0.912. The van der Waals surface area contributed by atoms with Crippen LogP contribution in [0.4, 0.5) is 0 Å². The zero-order chi connectivity index (χ0) is 18.1. The predicted molar refractivity (Wildman–Crippen MR) is 94.2 cm³/mol. The molecule has 26 heavy (non-hydrogen) atoms. The van der Waals surface area contributed by atoms with Crippen molar-refractivity contribution < 1.29 is 14.7 Å². The van der Waals surface area contributed by atoms with E-state index in [1.54, 1.807) is 4.68 Å². The molecular formula is C19H22N4O3. The molecule has 1 saturated carbocycles. The number of likely N-dealkylation sites (tertiary alicyclic amines) is 1. The minimum absolute atomic E-state index is 0.0462. The van der Waals surface area contributed by atoms with Gasteiger partial charge >= 0.3 is 5.97 Å². The van der Waals surface area contributed by atoms with Crippen molar-refractivity contribution in [3.05, 3.63) is 47.3 Å². The van der Waals surface area contributed by atoms with Crippen molar-refractivity contribution in [3.63, 3.8) is 0 Å². The van der Waals surface area contributed by atoms with Gasteiger partial charge in [-0.15, -0.1) is 5.10 Å². The molecule has 136 valence electrons. The van der Waals surface area contributed by atoms with Crippen LogP contribution >= 0.6 is 0 Å². The van der Waals surface area contributed by atoms with E-state index in [2.05, 4.69) is 22.4 Å². The summed E-state index contributed by atoms with van der Waals surface area (Å²) < 4.78 is 1.61. The Morgan fingerprint density at radius 2 is 1.73 bits per heavy atom. The van der Waals surface area contributed by atoms with E-state index in [1.165, 1.54) is 31.0 Å². The summed E-state index contributed by atoms with van der Waals surface area (Å²) in [5.74, 6) is -0.337. The van der Waals surface area contributed by atoms with Crippen LogP contribution in [0.3, 0.4) is 0 Å². The van der Waals surface area contributed by atoms with Crippen molar-refractivity contribution in [2.75, 3.05) is 13.1 Å². The van der Waals surface area contributed by atoms with Crippen LogP contribution in [-0.2, 0) is 0 Å². The second-order valence-corrected chi connectivity index (χ2v) is 7.16. The molecule has 1 aliphatic heterocycles. The summed E-state index contributed by atoms with van der Waals surface area (Å²) >= 11 is 0.